The minimum absolute atomic E-state index is 0.0341. The Kier molecular flexibility index (Phi) is 10.3. The lowest BCUT2D eigenvalue weighted by molar-refractivity contribution is -0.357. The number of amides is 1. The number of rotatable bonds is 8. The molecule has 1 amide bonds. The van der Waals surface area contributed by atoms with Crippen LogP contribution in [0.15, 0.2) is 0 Å². The van der Waals surface area contributed by atoms with E-state index in [4.69, 9.17) is 23.7 Å². The van der Waals surface area contributed by atoms with Gasteiger partial charge in [-0.25, -0.2) is 0 Å². The van der Waals surface area contributed by atoms with Crippen LogP contribution in [0.2, 0.25) is 0 Å². The molecule has 0 aliphatic carbocycles. The largest absolute Gasteiger partial charge is 0.394 e. The van der Waals surface area contributed by atoms with Crippen molar-refractivity contribution >= 4 is 5.91 Å². The van der Waals surface area contributed by atoms with Gasteiger partial charge in [0.1, 0.15) is 54.9 Å². The summed E-state index contributed by atoms with van der Waals surface area (Å²) in [5, 5.41) is 92.3. The van der Waals surface area contributed by atoms with E-state index in [0.29, 0.717) is 0 Å². The van der Waals surface area contributed by atoms with E-state index in [0.717, 1.165) is 0 Å². The first kappa shape index (κ1) is 29.5. The zero-order valence-electron chi connectivity index (χ0n) is 19.4. The summed E-state index contributed by atoms with van der Waals surface area (Å²) in [5.41, 5.74) is 0. The third kappa shape index (κ3) is 6.48. The van der Waals surface area contributed by atoms with Gasteiger partial charge in [0.15, 0.2) is 18.9 Å². The maximum absolute atomic E-state index is 11.6. The summed E-state index contributed by atoms with van der Waals surface area (Å²) < 4.78 is 27.5. The van der Waals surface area contributed by atoms with Crippen LogP contribution in [-0.2, 0) is 28.5 Å². The summed E-state index contributed by atoms with van der Waals surface area (Å²) in [6.07, 6.45) is -19.8. The van der Waals surface area contributed by atoms with Crippen LogP contribution >= 0.6 is 0 Å². The monoisotopic (exact) mass is 529 g/mol. The Morgan fingerprint density at radius 3 is 2.11 bits per heavy atom. The molecule has 0 spiro atoms. The highest BCUT2D eigenvalue weighted by atomic mass is 16.8. The van der Waals surface area contributed by atoms with Gasteiger partial charge in [0.2, 0.25) is 5.91 Å². The van der Waals surface area contributed by atoms with Gasteiger partial charge in [-0.1, -0.05) is 0 Å². The van der Waals surface area contributed by atoms with Crippen LogP contribution in [0, 0.1) is 0 Å². The molecule has 3 saturated heterocycles. The standard InChI is InChI=1S/C20H35NO15/c1-6(24)21-11-8(25)2-7(3-22)33-19(11)36-17-15(29)12(26)9(4-23)35-20(17)32-5-10-13(27)14(28)16(30)18(31)34-10/h7-20,22-23,25-31H,2-5H2,1H3,(H,21,24)/t7-,8-,9+,10+,11+,12+,13+,14-,15-,16+,17-,18+,19-,20-/m0/s1. The number of aliphatic hydroxyl groups is 9. The van der Waals surface area contributed by atoms with Crippen LogP contribution in [-0.4, -0.2) is 158 Å². The summed E-state index contributed by atoms with van der Waals surface area (Å²) in [5.74, 6) is -0.532. The Hall–Kier alpha value is -1.09. The zero-order chi connectivity index (χ0) is 26.7. The predicted octanol–water partition coefficient (Wildman–Crippen LogP) is -6.40. The molecule has 0 bridgehead atoms. The minimum Gasteiger partial charge on any atom is -0.394 e. The lowest BCUT2D eigenvalue weighted by Gasteiger charge is -2.46. The van der Waals surface area contributed by atoms with Gasteiger partial charge in [0.25, 0.3) is 0 Å². The lowest BCUT2D eigenvalue weighted by atomic mass is 9.97. The normalized spacial score (nSPS) is 47.9. The Labute approximate surface area is 205 Å². The number of aliphatic hydroxyl groups excluding tert-OH is 9. The third-order valence-corrected chi connectivity index (χ3v) is 6.34. The number of ether oxygens (including phenoxy) is 5. The Morgan fingerprint density at radius 1 is 0.833 bits per heavy atom. The molecule has 0 radical (unpaired) electrons. The average molecular weight is 529 g/mol. The predicted molar refractivity (Wildman–Crippen MR) is 111 cm³/mol. The molecule has 3 rings (SSSR count). The van der Waals surface area contributed by atoms with Crippen LogP contribution in [0.3, 0.4) is 0 Å². The van der Waals surface area contributed by atoms with E-state index in [1.807, 2.05) is 0 Å². The highest BCUT2D eigenvalue weighted by molar-refractivity contribution is 5.73. The average Bonchev–Trinajstić information content (AvgIpc) is 2.84. The zero-order valence-corrected chi connectivity index (χ0v) is 19.4. The van der Waals surface area contributed by atoms with Crippen molar-refractivity contribution in [3.63, 3.8) is 0 Å². The van der Waals surface area contributed by atoms with E-state index < -0.39 is 112 Å². The fraction of sp³-hybridized carbons (Fsp3) is 0.950. The Bertz CT molecular complexity index is 717. The van der Waals surface area contributed by atoms with Crippen molar-refractivity contribution in [2.45, 2.75) is 99.3 Å². The molecule has 3 heterocycles. The quantitative estimate of drug-likeness (QED) is 0.140. The molecule has 3 aliphatic rings. The van der Waals surface area contributed by atoms with Crippen LogP contribution in [0.5, 0.6) is 0 Å². The molecular formula is C20H35NO15. The molecule has 0 unspecified atom stereocenters. The summed E-state index contributed by atoms with van der Waals surface area (Å²) in [6.45, 7) is -0.597. The van der Waals surface area contributed by atoms with Gasteiger partial charge in [0.05, 0.1) is 32.0 Å². The van der Waals surface area contributed by atoms with Crippen molar-refractivity contribution in [1.82, 2.24) is 5.32 Å². The van der Waals surface area contributed by atoms with Gasteiger partial charge < -0.3 is 75.0 Å². The molecule has 16 heteroatoms. The van der Waals surface area contributed by atoms with E-state index in [1.165, 1.54) is 6.92 Å². The Balaban J connectivity index is 1.78. The van der Waals surface area contributed by atoms with Crippen LogP contribution in [0.1, 0.15) is 13.3 Å². The second-order valence-corrected chi connectivity index (χ2v) is 9.02. The Morgan fingerprint density at radius 2 is 1.50 bits per heavy atom. The molecule has 16 nitrogen and oxygen atoms in total. The molecule has 0 aromatic rings. The second-order valence-electron chi connectivity index (χ2n) is 9.02. The van der Waals surface area contributed by atoms with Crippen LogP contribution in [0.25, 0.3) is 0 Å². The van der Waals surface area contributed by atoms with Gasteiger partial charge >= 0.3 is 0 Å². The lowest BCUT2D eigenvalue weighted by Crippen LogP contribution is -2.65. The number of nitrogens with one attached hydrogen (secondary N) is 1. The van der Waals surface area contributed by atoms with Gasteiger partial charge in [0, 0.05) is 13.3 Å². The van der Waals surface area contributed by atoms with Crippen molar-refractivity contribution in [2.24, 2.45) is 0 Å². The van der Waals surface area contributed by atoms with Crippen molar-refractivity contribution < 1.29 is 74.4 Å². The molecule has 0 aromatic carbocycles. The molecule has 3 fully saturated rings. The van der Waals surface area contributed by atoms with Gasteiger partial charge in [-0.2, -0.15) is 0 Å². The first-order valence-electron chi connectivity index (χ1n) is 11.5. The number of carbonyl (C=O) groups excluding carboxylic acids is 1. The molecule has 0 aromatic heterocycles. The van der Waals surface area contributed by atoms with Crippen molar-refractivity contribution in [3.05, 3.63) is 0 Å². The van der Waals surface area contributed by atoms with Crippen LogP contribution in [0.4, 0.5) is 0 Å². The van der Waals surface area contributed by atoms with Crippen molar-refractivity contribution in [3.8, 4) is 0 Å². The van der Waals surface area contributed by atoms with Crippen LogP contribution < -0.4 is 5.32 Å². The highest BCUT2D eigenvalue weighted by Crippen LogP contribution is 2.30. The summed E-state index contributed by atoms with van der Waals surface area (Å²) in [7, 11) is 0. The molecule has 0 saturated carbocycles. The highest BCUT2D eigenvalue weighted by Gasteiger charge is 2.50. The van der Waals surface area contributed by atoms with E-state index in [-0.39, 0.29) is 6.42 Å². The molecule has 210 valence electrons. The number of carbonyl (C=O) groups is 1. The summed E-state index contributed by atoms with van der Waals surface area (Å²) in [4.78, 5) is 11.6. The van der Waals surface area contributed by atoms with E-state index in [2.05, 4.69) is 5.32 Å². The van der Waals surface area contributed by atoms with Crippen molar-refractivity contribution in [1.29, 1.82) is 0 Å². The number of hydrogen-bond acceptors (Lipinski definition) is 15. The minimum atomic E-state index is -1.83. The SMILES string of the molecule is CC(=O)N[C@H]1[C@H](O[C@@H]2[C@@H](OC[C@H]3O[C@@H](O)[C@H](O)[C@@H](O)[C@@H]3O)O[C@H](CO)[C@@H](O)[C@@H]2O)O[C@H](CO)C[C@@H]1O. The fourth-order valence-corrected chi connectivity index (χ4v) is 4.31. The maximum Gasteiger partial charge on any atom is 0.217 e. The first-order chi connectivity index (χ1) is 17.0. The first-order valence-corrected chi connectivity index (χ1v) is 11.5. The summed E-state index contributed by atoms with van der Waals surface area (Å²) >= 11 is 0. The van der Waals surface area contributed by atoms with E-state index in [9.17, 15) is 50.8 Å². The molecule has 14 atom stereocenters. The van der Waals surface area contributed by atoms with Gasteiger partial charge in [-0.3, -0.25) is 4.79 Å². The molecule has 3 aliphatic heterocycles. The van der Waals surface area contributed by atoms with E-state index in [1.54, 1.807) is 0 Å². The molecule has 36 heavy (non-hydrogen) atoms. The third-order valence-electron chi connectivity index (χ3n) is 6.34. The topological polar surface area (TPSA) is 257 Å². The fourth-order valence-electron chi connectivity index (χ4n) is 4.31. The number of hydrogen-bond donors (Lipinski definition) is 10. The molecular weight excluding hydrogens is 494 g/mol. The smallest absolute Gasteiger partial charge is 0.217 e. The maximum atomic E-state index is 11.6. The summed E-state index contributed by atoms with van der Waals surface area (Å²) in [6, 6.07) is -1.14. The van der Waals surface area contributed by atoms with Crippen molar-refractivity contribution in [2.75, 3.05) is 19.8 Å². The van der Waals surface area contributed by atoms with Gasteiger partial charge in [-0.15, -0.1) is 0 Å². The second kappa shape index (κ2) is 12.6. The van der Waals surface area contributed by atoms with Gasteiger partial charge in [-0.05, 0) is 0 Å². The van der Waals surface area contributed by atoms with E-state index >= 15 is 0 Å². The molecule has 10 N–H and O–H groups in total.